The molecule has 2 rings (SSSR count). The summed E-state index contributed by atoms with van der Waals surface area (Å²) >= 11 is 0. The maximum absolute atomic E-state index is 10.6. The highest BCUT2D eigenvalue weighted by Crippen LogP contribution is 2.17. The van der Waals surface area contributed by atoms with Crippen molar-refractivity contribution >= 4 is 17.5 Å². The average molecular weight is 240 g/mol. The third kappa shape index (κ3) is 2.41. The normalized spacial score (nSPS) is 9.50. The van der Waals surface area contributed by atoms with Crippen molar-refractivity contribution in [2.45, 2.75) is 0 Å². The summed E-state index contributed by atoms with van der Waals surface area (Å²) in [5.41, 5.74) is 0.938. The smallest absolute Gasteiger partial charge is 0.356 e. The Bertz CT molecular complexity index is 617. The molecule has 6 nitrogen and oxygen atoms in total. The van der Waals surface area contributed by atoms with Gasteiger partial charge in [0.1, 0.15) is 11.9 Å². The number of rotatable bonds is 3. The van der Waals surface area contributed by atoms with Crippen LogP contribution in [0, 0.1) is 11.3 Å². The van der Waals surface area contributed by atoms with E-state index in [2.05, 4.69) is 15.3 Å². The first-order valence-electron chi connectivity index (χ1n) is 5.02. The summed E-state index contributed by atoms with van der Waals surface area (Å²) in [6.07, 6.45) is 2.46. The van der Waals surface area contributed by atoms with Crippen molar-refractivity contribution in [3.05, 3.63) is 47.9 Å². The van der Waals surface area contributed by atoms with Crippen LogP contribution in [-0.2, 0) is 0 Å². The van der Waals surface area contributed by atoms with Gasteiger partial charge in [-0.1, -0.05) is 12.1 Å². The van der Waals surface area contributed by atoms with Gasteiger partial charge in [0.15, 0.2) is 5.69 Å². The summed E-state index contributed by atoms with van der Waals surface area (Å²) in [5, 5.41) is 20.5. The molecular formula is C12H8N4O2. The third-order valence-electron chi connectivity index (χ3n) is 2.18. The number of hydrogen-bond acceptors (Lipinski definition) is 5. The second kappa shape index (κ2) is 4.93. The lowest BCUT2D eigenvalue weighted by Crippen LogP contribution is -2.03. The first-order valence-corrected chi connectivity index (χ1v) is 5.02. The topological polar surface area (TPSA) is 98.9 Å². The highest BCUT2D eigenvalue weighted by atomic mass is 16.4. The molecule has 88 valence electrons. The number of nitriles is 1. The van der Waals surface area contributed by atoms with Crippen LogP contribution in [0.5, 0.6) is 0 Å². The molecule has 18 heavy (non-hydrogen) atoms. The predicted octanol–water partition coefficient (Wildman–Crippen LogP) is 1.79. The van der Waals surface area contributed by atoms with Crippen LogP contribution < -0.4 is 5.32 Å². The molecule has 0 bridgehead atoms. The molecule has 1 aromatic carbocycles. The zero-order chi connectivity index (χ0) is 13.0. The Balaban J connectivity index is 2.24. The zero-order valence-corrected chi connectivity index (χ0v) is 9.16. The fourth-order valence-electron chi connectivity index (χ4n) is 1.33. The van der Waals surface area contributed by atoms with Crippen LogP contribution >= 0.6 is 0 Å². The Hall–Kier alpha value is -2.94. The number of nitrogens with zero attached hydrogens (tertiary/aromatic N) is 3. The van der Waals surface area contributed by atoms with E-state index in [1.165, 1.54) is 6.20 Å². The van der Waals surface area contributed by atoms with E-state index in [4.69, 9.17) is 10.4 Å². The average Bonchev–Trinajstić information content (AvgIpc) is 2.40. The van der Waals surface area contributed by atoms with E-state index in [1.54, 1.807) is 24.3 Å². The molecule has 1 heterocycles. The summed E-state index contributed by atoms with van der Waals surface area (Å²) in [6, 6.07) is 8.97. The first kappa shape index (κ1) is 11.5. The number of carboxylic acids is 1. The molecule has 1 aromatic heterocycles. The fraction of sp³-hybridized carbons (Fsp3) is 0. The SMILES string of the molecule is N#Cc1ccccc1Nc1cnc(C(=O)O)cn1. The number of benzene rings is 1. The Kier molecular flexibility index (Phi) is 3.16. The van der Waals surface area contributed by atoms with Gasteiger partial charge in [-0.2, -0.15) is 5.26 Å². The van der Waals surface area contributed by atoms with E-state index in [1.807, 2.05) is 6.07 Å². The van der Waals surface area contributed by atoms with Crippen molar-refractivity contribution in [3.8, 4) is 6.07 Å². The Morgan fingerprint density at radius 3 is 2.67 bits per heavy atom. The van der Waals surface area contributed by atoms with Crippen LogP contribution in [0.15, 0.2) is 36.7 Å². The quantitative estimate of drug-likeness (QED) is 0.848. The van der Waals surface area contributed by atoms with Gasteiger partial charge in [0.2, 0.25) is 0 Å². The molecule has 0 aliphatic heterocycles. The standard InChI is InChI=1S/C12H8N4O2/c13-5-8-3-1-2-4-9(8)16-11-7-14-10(6-15-11)12(17)18/h1-4,6-7H,(H,15,16)(H,17,18). The zero-order valence-electron chi connectivity index (χ0n) is 9.16. The van der Waals surface area contributed by atoms with E-state index in [0.29, 0.717) is 17.1 Å². The van der Waals surface area contributed by atoms with E-state index < -0.39 is 5.97 Å². The van der Waals surface area contributed by atoms with Crippen molar-refractivity contribution < 1.29 is 9.90 Å². The highest BCUT2D eigenvalue weighted by molar-refractivity contribution is 5.85. The molecule has 0 fully saturated rings. The van der Waals surface area contributed by atoms with E-state index >= 15 is 0 Å². The van der Waals surface area contributed by atoms with Crippen molar-refractivity contribution in [2.75, 3.05) is 5.32 Å². The molecule has 0 aliphatic rings. The van der Waals surface area contributed by atoms with Crippen LogP contribution in [0.2, 0.25) is 0 Å². The molecule has 6 heteroatoms. The maximum atomic E-state index is 10.6. The number of carbonyl (C=O) groups is 1. The third-order valence-corrected chi connectivity index (χ3v) is 2.18. The minimum Gasteiger partial charge on any atom is -0.476 e. The van der Waals surface area contributed by atoms with Crippen LogP contribution in [0.3, 0.4) is 0 Å². The molecule has 2 N–H and O–H groups in total. The summed E-state index contributed by atoms with van der Waals surface area (Å²) in [7, 11) is 0. The van der Waals surface area contributed by atoms with Gasteiger partial charge < -0.3 is 10.4 Å². The van der Waals surface area contributed by atoms with Gasteiger partial charge in [0.05, 0.1) is 23.6 Å². The number of para-hydroxylation sites is 1. The second-order valence-corrected chi connectivity index (χ2v) is 3.37. The van der Waals surface area contributed by atoms with Gasteiger partial charge >= 0.3 is 5.97 Å². The lowest BCUT2D eigenvalue weighted by molar-refractivity contribution is 0.0690. The number of aromatic nitrogens is 2. The Morgan fingerprint density at radius 2 is 2.06 bits per heavy atom. The minimum absolute atomic E-state index is 0.130. The molecule has 0 unspecified atom stereocenters. The molecule has 0 spiro atoms. The fourth-order valence-corrected chi connectivity index (χ4v) is 1.33. The molecular weight excluding hydrogens is 232 g/mol. The molecule has 0 amide bonds. The molecule has 0 saturated heterocycles. The molecule has 0 aliphatic carbocycles. The maximum Gasteiger partial charge on any atom is 0.356 e. The van der Waals surface area contributed by atoms with Gasteiger partial charge in [-0.15, -0.1) is 0 Å². The Morgan fingerprint density at radius 1 is 1.28 bits per heavy atom. The molecule has 0 atom stereocenters. The molecule has 0 radical (unpaired) electrons. The van der Waals surface area contributed by atoms with Crippen molar-refractivity contribution in [3.63, 3.8) is 0 Å². The summed E-state index contributed by atoms with van der Waals surface area (Å²) in [4.78, 5) is 18.2. The monoisotopic (exact) mass is 240 g/mol. The van der Waals surface area contributed by atoms with E-state index in [-0.39, 0.29) is 5.69 Å². The molecule has 2 aromatic rings. The van der Waals surface area contributed by atoms with Crippen LogP contribution in [0.4, 0.5) is 11.5 Å². The number of nitrogens with one attached hydrogen (secondary N) is 1. The number of aromatic carboxylic acids is 1. The van der Waals surface area contributed by atoms with Gasteiger partial charge in [-0.05, 0) is 12.1 Å². The summed E-state index contributed by atoms with van der Waals surface area (Å²) < 4.78 is 0. The largest absolute Gasteiger partial charge is 0.476 e. The predicted molar refractivity (Wildman–Crippen MR) is 63.4 cm³/mol. The highest BCUT2D eigenvalue weighted by Gasteiger charge is 2.06. The first-order chi connectivity index (χ1) is 8.70. The minimum atomic E-state index is -1.13. The summed E-state index contributed by atoms with van der Waals surface area (Å²) in [6.45, 7) is 0. The van der Waals surface area contributed by atoms with Gasteiger partial charge in [-0.25, -0.2) is 14.8 Å². The van der Waals surface area contributed by atoms with Crippen molar-refractivity contribution in [1.82, 2.24) is 9.97 Å². The van der Waals surface area contributed by atoms with Gasteiger partial charge in [0.25, 0.3) is 0 Å². The number of anilines is 2. The number of hydrogen-bond donors (Lipinski definition) is 2. The lowest BCUT2D eigenvalue weighted by atomic mass is 10.2. The van der Waals surface area contributed by atoms with Gasteiger partial charge in [-0.3, -0.25) is 0 Å². The lowest BCUT2D eigenvalue weighted by Gasteiger charge is -2.06. The van der Waals surface area contributed by atoms with Crippen LogP contribution in [0.1, 0.15) is 16.1 Å². The van der Waals surface area contributed by atoms with Crippen molar-refractivity contribution in [2.24, 2.45) is 0 Å². The molecule has 0 saturated carbocycles. The number of carboxylic acid groups (broad SMARTS) is 1. The van der Waals surface area contributed by atoms with E-state index in [9.17, 15) is 4.79 Å². The van der Waals surface area contributed by atoms with Gasteiger partial charge in [0, 0.05) is 0 Å². The Labute approximate surface area is 103 Å². The van der Waals surface area contributed by atoms with Crippen molar-refractivity contribution in [1.29, 1.82) is 5.26 Å². The van der Waals surface area contributed by atoms with Crippen LogP contribution in [-0.4, -0.2) is 21.0 Å². The van der Waals surface area contributed by atoms with E-state index in [0.717, 1.165) is 6.20 Å². The van der Waals surface area contributed by atoms with Crippen LogP contribution in [0.25, 0.3) is 0 Å². The summed E-state index contributed by atoms with van der Waals surface area (Å²) in [5.74, 6) is -0.755. The second-order valence-electron chi connectivity index (χ2n) is 3.37.